The normalized spacial score (nSPS) is 8.67. The summed E-state index contributed by atoms with van der Waals surface area (Å²) in [6.45, 7) is 1.91. The Bertz CT molecular complexity index is 175. The van der Waals surface area contributed by atoms with Crippen LogP contribution in [-0.2, 0) is 7.05 Å². The quantitative estimate of drug-likeness (QED) is 0.588. The molecule has 0 saturated heterocycles. The van der Waals surface area contributed by atoms with E-state index in [1.54, 1.807) is 4.68 Å². The number of nitrogens with two attached hydrogens (primary N) is 1. The van der Waals surface area contributed by atoms with E-state index in [9.17, 15) is 0 Å². The molecule has 0 unspecified atom stereocenters. The summed E-state index contributed by atoms with van der Waals surface area (Å²) in [7, 11) is 1.82. The second-order valence-corrected chi connectivity index (χ2v) is 1.83. The molecule has 0 fully saturated rings. The van der Waals surface area contributed by atoms with Gasteiger partial charge in [0.25, 0.3) is 0 Å². The summed E-state index contributed by atoms with van der Waals surface area (Å²) < 4.78 is 1.65. The van der Waals surface area contributed by atoms with Crippen molar-refractivity contribution in [2.24, 2.45) is 7.05 Å². The molecule has 0 radical (unpaired) electrons. The Morgan fingerprint density at radius 2 is 2.22 bits per heavy atom. The lowest BCUT2D eigenvalue weighted by Crippen LogP contribution is -1.96. The maximum Gasteiger partial charge on any atom is 0.121 e. The van der Waals surface area contributed by atoms with Crippen molar-refractivity contribution >= 4 is 18.2 Å². The van der Waals surface area contributed by atoms with Gasteiger partial charge in [0.05, 0.1) is 5.69 Å². The van der Waals surface area contributed by atoms with E-state index in [2.05, 4.69) is 5.10 Å². The van der Waals surface area contributed by atoms with Gasteiger partial charge in [-0.15, -0.1) is 12.4 Å². The SMILES string of the molecule is Cc1cc(N)n(C)n1.Cl. The van der Waals surface area contributed by atoms with Gasteiger partial charge in [0.2, 0.25) is 0 Å². The van der Waals surface area contributed by atoms with Gasteiger partial charge >= 0.3 is 0 Å². The van der Waals surface area contributed by atoms with E-state index in [4.69, 9.17) is 5.73 Å². The fraction of sp³-hybridized carbons (Fsp3) is 0.400. The van der Waals surface area contributed by atoms with Crippen LogP contribution in [0.3, 0.4) is 0 Å². The molecule has 4 heteroatoms. The van der Waals surface area contributed by atoms with Gasteiger partial charge in [-0.25, -0.2) is 0 Å². The highest BCUT2D eigenvalue weighted by Crippen LogP contribution is 2.00. The first-order valence-electron chi connectivity index (χ1n) is 2.46. The van der Waals surface area contributed by atoms with Crippen molar-refractivity contribution in [2.75, 3.05) is 5.73 Å². The predicted octanol–water partition coefficient (Wildman–Crippen LogP) is 0.733. The Morgan fingerprint density at radius 3 is 2.33 bits per heavy atom. The summed E-state index contributed by atoms with van der Waals surface area (Å²) in [5, 5.41) is 4.00. The Balaban J connectivity index is 0.000000640. The predicted molar refractivity (Wildman–Crippen MR) is 39.6 cm³/mol. The molecule has 0 saturated carbocycles. The second-order valence-electron chi connectivity index (χ2n) is 1.83. The first kappa shape index (κ1) is 8.30. The minimum absolute atomic E-state index is 0. The molecule has 0 amide bonds. The molecule has 0 bridgehead atoms. The van der Waals surface area contributed by atoms with Gasteiger partial charge < -0.3 is 5.73 Å². The van der Waals surface area contributed by atoms with E-state index in [1.165, 1.54) is 0 Å². The lowest BCUT2D eigenvalue weighted by atomic mass is 10.5. The lowest BCUT2D eigenvalue weighted by Gasteiger charge is -1.87. The molecule has 9 heavy (non-hydrogen) atoms. The number of hydrogen-bond donors (Lipinski definition) is 1. The van der Waals surface area contributed by atoms with Gasteiger partial charge in [-0.1, -0.05) is 0 Å². The van der Waals surface area contributed by atoms with Crippen LogP contribution < -0.4 is 5.73 Å². The number of nitrogens with zero attached hydrogens (tertiary/aromatic N) is 2. The molecule has 0 spiro atoms. The molecule has 3 nitrogen and oxygen atoms in total. The van der Waals surface area contributed by atoms with Gasteiger partial charge in [-0.3, -0.25) is 4.68 Å². The second kappa shape index (κ2) is 2.73. The number of rotatable bonds is 0. The van der Waals surface area contributed by atoms with Crippen molar-refractivity contribution in [3.05, 3.63) is 11.8 Å². The van der Waals surface area contributed by atoms with Crippen LogP contribution in [-0.4, -0.2) is 9.78 Å². The van der Waals surface area contributed by atoms with Crippen LogP contribution in [0, 0.1) is 6.92 Å². The number of anilines is 1. The third-order valence-electron chi connectivity index (χ3n) is 1.04. The van der Waals surface area contributed by atoms with Crippen molar-refractivity contribution in [2.45, 2.75) is 6.92 Å². The maximum atomic E-state index is 5.44. The zero-order valence-corrected chi connectivity index (χ0v) is 6.27. The molecule has 1 rings (SSSR count). The van der Waals surface area contributed by atoms with Crippen LogP contribution in [0.5, 0.6) is 0 Å². The third kappa shape index (κ3) is 1.61. The Labute approximate surface area is 60.3 Å². The number of hydrogen-bond acceptors (Lipinski definition) is 2. The highest BCUT2D eigenvalue weighted by molar-refractivity contribution is 5.85. The summed E-state index contributed by atoms with van der Waals surface area (Å²) in [6.07, 6.45) is 0. The summed E-state index contributed by atoms with van der Waals surface area (Å²) in [5.74, 6) is 0.711. The van der Waals surface area contributed by atoms with Crippen LogP contribution in [0.1, 0.15) is 5.69 Å². The van der Waals surface area contributed by atoms with Gasteiger partial charge in [0.15, 0.2) is 0 Å². The molecule has 0 aromatic carbocycles. The van der Waals surface area contributed by atoms with Crippen molar-refractivity contribution in [1.82, 2.24) is 9.78 Å². The van der Waals surface area contributed by atoms with Gasteiger partial charge in [-0.05, 0) is 6.92 Å². The molecule has 1 aromatic heterocycles. The standard InChI is InChI=1S/C5H9N3.ClH/c1-4-3-5(6)8(2)7-4;/h3H,6H2,1-2H3;1H. The molecule has 0 aliphatic carbocycles. The molecule has 0 aliphatic rings. The Kier molecular flexibility index (Phi) is 2.52. The van der Waals surface area contributed by atoms with Gasteiger partial charge in [-0.2, -0.15) is 5.10 Å². The van der Waals surface area contributed by atoms with E-state index in [1.807, 2.05) is 20.0 Å². The largest absolute Gasteiger partial charge is 0.384 e. The average molecular weight is 148 g/mol. The van der Waals surface area contributed by atoms with Crippen LogP contribution in [0.2, 0.25) is 0 Å². The highest BCUT2D eigenvalue weighted by atomic mass is 35.5. The van der Waals surface area contributed by atoms with Crippen molar-refractivity contribution in [3.8, 4) is 0 Å². The van der Waals surface area contributed by atoms with Crippen LogP contribution in [0.4, 0.5) is 5.82 Å². The molecule has 2 N–H and O–H groups in total. The summed E-state index contributed by atoms with van der Waals surface area (Å²) in [5.41, 5.74) is 6.40. The number of halogens is 1. The van der Waals surface area contributed by atoms with Crippen molar-refractivity contribution in [3.63, 3.8) is 0 Å². The molecule has 1 heterocycles. The molecule has 0 aliphatic heterocycles. The Hall–Kier alpha value is -0.700. The van der Waals surface area contributed by atoms with Crippen LogP contribution in [0.25, 0.3) is 0 Å². The van der Waals surface area contributed by atoms with Crippen molar-refractivity contribution < 1.29 is 0 Å². The minimum Gasteiger partial charge on any atom is -0.384 e. The monoisotopic (exact) mass is 147 g/mol. The lowest BCUT2D eigenvalue weighted by molar-refractivity contribution is 0.767. The smallest absolute Gasteiger partial charge is 0.121 e. The zero-order chi connectivity index (χ0) is 6.15. The van der Waals surface area contributed by atoms with E-state index < -0.39 is 0 Å². The van der Waals surface area contributed by atoms with E-state index >= 15 is 0 Å². The molecular weight excluding hydrogens is 138 g/mol. The van der Waals surface area contributed by atoms with Crippen LogP contribution in [0.15, 0.2) is 6.07 Å². The summed E-state index contributed by atoms with van der Waals surface area (Å²) in [4.78, 5) is 0. The van der Waals surface area contributed by atoms with E-state index in [-0.39, 0.29) is 12.4 Å². The highest BCUT2D eigenvalue weighted by Gasteiger charge is 1.92. The Morgan fingerprint density at radius 1 is 1.67 bits per heavy atom. The zero-order valence-electron chi connectivity index (χ0n) is 5.46. The van der Waals surface area contributed by atoms with E-state index in [0.29, 0.717) is 5.82 Å². The molecule has 52 valence electrons. The maximum absolute atomic E-state index is 5.44. The number of nitrogen functional groups attached to an aromatic ring is 1. The topological polar surface area (TPSA) is 43.8 Å². The summed E-state index contributed by atoms with van der Waals surface area (Å²) >= 11 is 0. The number of aromatic nitrogens is 2. The third-order valence-corrected chi connectivity index (χ3v) is 1.04. The average Bonchev–Trinajstić information content (AvgIpc) is 1.85. The first-order valence-corrected chi connectivity index (χ1v) is 2.46. The van der Waals surface area contributed by atoms with E-state index in [0.717, 1.165) is 5.69 Å². The molecular formula is C5H10ClN3. The number of aryl methyl sites for hydroxylation is 2. The molecule has 1 aromatic rings. The molecule has 0 atom stereocenters. The van der Waals surface area contributed by atoms with Crippen molar-refractivity contribution in [1.29, 1.82) is 0 Å². The van der Waals surface area contributed by atoms with Gasteiger partial charge in [0.1, 0.15) is 5.82 Å². The fourth-order valence-electron chi connectivity index (χ4n) is 0.631. The summed E-state index contributed by atoms with van der Waals surface area (Å²) in [6, 6.07) is 1.83. The first-order chi connectivity index (χ1) is 3.70. The minimum atomic E-state index is 0. The van der Waals surface area contributed by atoms with Crippen LogP contribution >= 0.6 is 12.4 Å². The fourth-order valence-corrected chi connectivity index (χ4v) is 0.631. The van der Waals surface area contributed by atoms with Gasteiger partial charge in [0, 0.05) is 13.1 Å².